The zero-order chi connectivity index (χ0) is 33.4. The Bertz CT molecular complexity index is 1850. The lowest BCUT2D eigenvalue weighted by molar-refractivity contribution is -0.108. The number of ether oxygens (including phenoxy) is 1. The largest absolute Gasteiger partial charge is 0.497 e. The van der Waals surface area contributed by atoms with E-state index in [1.807, 2.05) is 18.2 Å². The first-order valence-electron chi connectivity index (χ1n) is 17.4. The van der Waals surface area contributed by atoms with Crippen LogP contribution < -0.4 is 15.6 Å². The number of aryl methyl sites for hydroxylation is 2. The zero-order valence-corrected chi connectivity index (χ0v) is 28.5. The number of rotatable bonds is 8. The molecule has 3 saturated carbocycles. The number of hydrogen-bond donors (Lipinski definition) is 1. The summed E-state index contributed by atoms with van der Waals surface area (Å²) in [6.45, 7) is 12.3. The van der Waals surface area contributed by atoms with Crippen LogP contribution >= 0.6 is 0 Å². The third-order valence-corrected chi connectivity index (χ3v) is 11.5. The van der Waals surface area contributed by atoms with Crippen LogP contribution in [0.3, 0.4) is 0 Å². The van der Waals surface area contributed by atoms with E-state index in [2.05, 4.69) is 71.2 Å². The van der Waals surface area contributed by atoms with Crippen LogP contribution in [0.4, 0.5) is 10.1 Å². The van der Waals surface area contributed by atoms with Gasteiger partial charge in [-0.05, 0) is 77.8 Å². The van der Waals surface area contributed by atoms with Gasteiger partial charge in [0.05, 0.1) is 30.4 Å². The summed E-state index contributed by atoms with van der Waals surface area (Å²) < 4.78 is 21.2. The first-order chi connectivity index (χ1) is 23.2. The maximum atomic E-state index is 14.5. The van der Waals surface area contributed by atoms with Crippen molar-refractivity contribution in [2.45, 2.75) is 59.2 Å². The fourth-order valence-electron chi connectivity index (χ4n) is 8.23. The van der Waals surface area contributed by atoms with Crippen molar-refractivity contribution in [2.75, 3.05) is 38.6 Å². The molecular formula is C39H47FN6O2. The van der Waals surface area contributed by atoms with Crippen molar-refractivity contribution < 1.29 is 9.13 Å². The summed E-state index contributed by atoms with van der Waals surface area (Å²) in [7, 11) is 1.51. The van der Waals surface area contributed by atoms with Gasteiger partial charge in [0.25, 0.3) is 5.56 Å². The van der Waals surface area contributed by atoms with Gasteiger partial charge in [-0.2, -0.15) is 0 Å². The third-order valence-electron chi connectivity index (χ3n) is 11.5. The molecule has 1 N–H and O–H groups in total. The SMILES string of the molecule is COc1ccc(CCn2cnc3cc(NC(=N[C@H]4C[C@@H]5C[C@H]([C@@H]4C)C5(C)C)N4CCN(Cc5ccccc5)CC4)ccc3c2=O)c(F)c1. The van der Waals surface area contributed by atoms with Crippen molar-refractivity contribution in [1.82, 2.24) is 19.4 Å². The molecule has 2 heterocycles. The van der Waals surface area contributed by atoms with Crippen LogP contribution in [0, 0.1) is 29.0 Å². The molecule has 3 aliphatic carbocycles. The van der Waals surface area contributed by atoms with E-state index in [-0.39, 0.29) is 17.4 Å². The molecule has 0 radical (unpaired) electrons. The molecular weight excluding hydrogens is 603 g/mol. The van der Waals surface area contributed by atoms with E-state index in [1.54, 1.807) is 23.0 Å². The minimum atomic E-state index is -0.342. The first kappa shape index (κ1) is 32.3. The second-order valence-electron chi connectivity index (χ2n) is 14.5. The molecule has 3 aromatic carbocycles. The summed E-state index contributed by atoms with van der Waals surface area (Å²) in [5.74, 6) is 3.01. The molecule has 4 fully saturated rings. The molecule has 1 aromatic heterocycles. The van der Waals surface area contributed by atoms with E-state index in [0.717, 1.165) is 56.7 Å². The number of hydrogen-bond acceptors (Lipinski definition) is 5. The Kier molecular flexibility index (Phi) is 8.98. The van der Waals surface area contributed by atoms with Gasteiger partial charge in [-0.25, -0.2) is 14.4 Å². The molecule has 4 aromatic rings. The quantitative estimate of drug-likeness (QED) is 0.175. The van der Waals surface area contributed by atoms with E-state index in [9.17, 15) is 9.18 Å². The van der Waals surface area contributed by atoms with E-state index < -0.39 is 0 Å². The number of halogens is 1. The van der Waals surface area contributed by atoms with Crippen LogP contribution in [0.5, 0.6) is 5.75 Å². The second kappa shape index (κ2) is 13.3. The van der Waals surface area contributed by atoms with Crippen molar-refractivity contribution in [2.24, 2.45) is 28.2 Å². The number of methoxy groups -OCH3 is 1. The number of anilines is 1. The molecule has 8 nitrogen and oxygen atoms in total. The van der Waals surface area contributed by atoms with Crippen LogP contribution in [0.2, 0.25) is 0 Å². The highest BCUT2D eigenvalue weighted by Crippen LogP contribution is 2.61. The van der Waals surface area contributed by atoms with Gasteiger partial charge >= 0.3 is 0 Å². The molecule has 1 saturated heterocycles. The van der Waals surface area contributed by atoms with Crippen molar-refractivity contribution in [3.63, 3.8) is 0 Å². The Morgan fingerprint density at radius 2 is 1.83 bits per heavy atom. The molecule has 2 bridgehead atoms. The van der Waals surface area contributed by atoms with Gasteiger partial charge in [-0.15, -0.1) is 0 Å². The lowest BCUT2D eigenvalue weighted by atomic mass is 9.45. The fraction of sp³-hybridized carbons (Fsp3) is 0.462. The van der Waals surface area contributed by atoms with E-state index >= 15 is 0 Å². The number of nitrogens with one attached hydrogen (secondary N) is 1. The van der Waals surface area contributed by atoms with Gasteiger partial charge in [0.1, 0.15) is 11.6 Å². The van der Waals surface area contributed by atoms with E-state index in [1.165, 1.54) is 25.2 Å². The van der Waals surface area contributed by atoms with Crippen LogP contribution in [-0.4, -0.2) is 64.6 Å². The Hall–Kier alpha value is -4.24. The second-order valence-corrected chi connectivity index (χ2v) is 14.5. The number of aliphatic imine (C=N–C) groups is 1. The number of piperazine rings is 1. The van der Waals surface area contributed by atoms with E-state index in [0.29, 0.717) is 52.4 Å². The molecule has 4 aliphatic rings. The van der Waals surface area contributed by atoms with Gasteiger partial charge in [0.2, 0.25) is 0 Å². The number of benzene rings is 3. The summed E-state index contributed by atoms with van der Waals surface area (Å²) >= 11 is 0. The van der Waals surface area contributed by atoms with Gasteiger partial charge in [0.15, 0.2) is 5.96 Å². The molecule has 1 aliphatic heterocycles. The topological polar surface area (TPSA) is 75.0 Å². The average Bonchev–Trinajstić information content (AvgIpc) is 3.09. The summed E-state index contributed by atoms with van der Waals surface area (Å²) in [5, 5.41) is 4.21. The lowest BCUT2D eigenvalue weighted by Crippen LogP contribution is -2.57. The summed E-state index contributed by atoms with van der Waals surface area (Å²) in [6, 6.07) is 21.5. The highest BCUT2D eigenvalue weighted by molar-refractivity contribution is 5.96. The van der Waals surface area contributed by atoms with Gasteiger partial charge < -0.3 is 15.0 Å². The maximum Gasteiger partial charge on any atom is 0.261 e. The highest BCUT2D eigenvalue weighted by atomic mass is 19.1. The van der Waals surface area contributed by atoms with Crippen LogP contribution in [0.15, 0.2) is 82.8 Å². The molecule has 0 spiro atoms. The Morgan fingerprint density at radius 3 is 2.54 bits per heavy atom. The average molecular weight is 651 g/mol. The molecule has 0 unspecified atom stereocenters. The first-order valence-corrected chi connectivity index (χ1v) is 17.4. The monoisotopic (exact) mass is 650 g/mol. The molecule has 9 heteroatoms. The standard InChI is InChI=1S/C39H47FN6O2/c1-26-33-20-29(39(33,2)3)21-35(26)43-38(45-18-16-44(17-19-45)24-27-8-6-5-7-9-27)42-30-11-13-32-36(22-30)41-25-46(37(32)47)15-14-28-10-12-31(48-4)23-34(28)40/h5-13,22-23,25-26,29,33,35H,14-21,24H2,1-4H3,(H,42,43)/t26-,29-,33+,35-/m0/s1. The Labute approximate surface area is 282 Å². The van der Waals surface area contributed by atoms with Crippen LogP contribution in [0.1, 0.15) is 44.7 Å². The van der Waals surface area contributed by atoms with E-state index in [4.69, 9.17) is 9.73 Å². The Morgan fingerprint density at radius 1 is 1.04 bits per heavy atom. The number of nitrogens with zero attached hydrogens (tertiary/aromatic N) is 5. The van der Waals surface area contributed by atoms with Crippen LogP contribution in [-0.2, 0) is 19.5 Å². The van der Waals surface area contributed by atoms with Crippen LogP contribution in [0.25, 0.3) is 10.9 Å². The lowest BCUT2D eigenvalue weighted by Gasteiger charge is -2.61. The fourth-order valence-corrected chi connectivity index (χ4v) is 8.23. The van der Waals surface area contributed by atoms with Crippen molar-refractivity contribution >= 4 is 22.5 Å². The summed E-state index contributed by atoms with van der Waals surface area (Å²) in [5.41, 5.74) is 3.63. The predicted octanol–water partition coefficient (Wildman–Crippen LogP) is 6.44. The third kappa shape index (κ3) is 6.44. The number of fused-ring (bicyclic) bond motifs is 3. The number of guanidine groups is 1. The normalized spacial score (nSPS) is 23.9. The minimum absolute atomic E-state index is 0.137. The summed E-state index contributed by atoms with van der Waals surface area (Å²) in [6.07, 6.45) is 4.39. The van der Waals surface area contributed by atoms with Crippen molar-refractivity contribution in [3.05, 3.63) is 100 Å². The smallest absolute Gasteiger partial charge is 0.261 e. The van der Waals surface area contributed by atoms with Gasteiger partial charge in [-0.1, -0.05) is 57.2 Å². The predicted molar refractivity (Wildman–Crippen MR) is 190 cm³/mol. The molecule has 4 atom stereocenters. The van der Waals surface area contributed by atoms with Gasteiger partial charge in [-0.3, -0.25) is 14.3 Å². The minimum Gasteiger partial charge on any atom is -0.497 e. The molecule has 252 valence electrons. The molecule has 8 rings (SSSR count). The van der Waals surface area contributed by atoms with Crippen molar-refractivity contribution in [1.29, 1.82) is 0 Å². The molecule has 48 heavy (non-hydrogen) atoms. The highest BCUT2D eigenvalue weighted by Gasteiger charge is 2.56. The van der Waals surface area contributed by atoms with Gasteiger partial charge in [0, 0.05) is 51.0 Å². The maximum absolute atomic E-state index is 14.5. The zero-order valence-electron chi connectivity index (χ0n) is 28.5. The number of aromatic nitrogens is 2. The molecule has 0 amide bonds. The Balaban J connectivity index is 1.09. The van der Waals surface area contributed by atoms with Crippen molar-refractivity contribution in [3.8, 4) is 5.75 Å². The summed E-state index contributed by atoms with van der Waals surface area (Å²) in [4.78, 5) is 28.4.